The second-order valence-electron chi connectivity index (χ2n) is 5.44. The smallest absolute Gasteiger partial charge is 0.275 e. The molecule has 0 unspecified atom stereocenters. The van der Waals surface area contributed by atoms with Crippen LogP contribution in [0.15, 0.2) is 85.2 Å². The van der Waals surface area contributed by atoms with E-state index in [0.717, 1.165) is 5.56 Å². The van der Waals surface area contributed by atoms with Crippen molar-refractivity contribution >= 4 is 5.69 Å². The molecule has 5 nitrogen and oxygen atoms in total. The van der Waals surface area contributed by atoms with Crippen molar-refractivity contribution in [3.05, 3.63) is 106 Å². The van der Waals surface area contributed by atoms with Gasteiger partial charge in [-0.15, -0.1) is 0 Å². The molecule has 3 rings (SSSR count). The molecule has 2 atom stereocenters. The van der Waals surface area contributed by atoms with E-state index in [-0.39, 0.29) is 5.69 Å². The number of aliphatic hydroxyl groups excluding tert-OH is 1. The van der Waals surface area contributed by atoms with Crippen LogP contribution >= 0.6 is 0 Å². The summed E-state index contributed by atoms with van der Waals surface area (Å²) in [6.07, 6.45) is 2.63. The number of nitro groups is 1. The van der Waals surface area contributed by atoms with Gasteiger partial charge in [-0.3, -0.25) is 10.1 Å². The summed E-state index contributed by atoms with van der Waals surface area (Å²) in [7, 11) is 0. The summed E-state index contributed by atoms with van der Waals surface area (Å²) in [6, 6.07) is 20.9. The molecule has 1 heterocycles. The summed E-state index contributed by atoms with van der Waals surface area (Å²) in [6.45, 7) is 0. The molecule has 0 fully saturated rings. The molecule has 5 heteroatoms. The van der Waals surface area contributed by atoms with Gasteiger partial charge >= 0.3 is 0 Å². The molecule has 0 saturated heterocycles. The molecular formula is C19H17N2O3+. The van der Waals surface area contributed by atoms with Gasteiger partial charge in [-0.25, -0.2) is 0 Å². The van der Waals surface area contributed by atoms with E-state index in [1.807, 2.05) is 65.5 Å². The molecule has 2 aromatic carbocycles. The Kier molecular flexibility index (Phi) is 4.63. The van der Waals surface area contributed by atoms with Gasteiger partial charge < -0.3 is 5.11 Å². The third kappa shape index (κ3) is 3.16. The van der Waals surface area contributed by atoms with Crippen LogP contribution in [0.3, 0.4) is 0 Å². The van der Waals surface area contributed by atoms with Gasteiger partial charge in [0.15, 0.2) is 18.5 Å². The van der Waals surface area contributed by atoms with Crippen LogP contribution in [0.5, 0.6) is 0 Å². The van der Waals surface area contributed by atoms with E-state index in [1.165, 1.54) is 6.07 Å². The molecule has 1 N–H and O–H groups in total. The Bertz CT molecular complexity index is 783. The Balaban J connectivity index is 2.12. The number of para-hydroxylation sites is 1. The molecule has 0 aliphatic carbocycles. The van der Waals surface area contributed by atoms with Crippen LogP contribution in [-0.2, 0) is 0 Å². The van der Waals surface area contributed by atoms with Crippen LogP contribution in [0.2, 0.25) is 0 Å². The molecule has 0 aliphatic rings. The normalized spacial score (nSPS) is 13.2. The monoisotopic (exact) mass is 321 g/mol. The highest BCUT2D eigenvalue weighted by Crippen LogP contribution is 2.33. The molecule has 120 valence electrons. The third-order valence-corrected chi connectivity index (χ3v) is 3.95. The van der Waals surface area contributed by atoms with E-state index in [0.29, 0.717) is 5.56 Å². The lowest BCUT2D eigenvalue weighted by Gasteiger charge is -2.19. The van der Waals surface area contributed by atoms with Crippen molar-refractivity contribution in [2.45, 2.75) is 12.1 Å². The van der Waals surface area contributed by atoms with Crippen LogP contribution in [0.1, 0.15) is 23.3 Å². The number of nitrogens with zero attached hydrogens (tertiary/aromatic N) is 2. The average molecular weight is 321 g/mol. The maximum Gasteiger partial charge on any atom is 0.275 e. The third-order valence-electron chi connectivity index (χ3n) is 3.95. The quantitative estimate of drug-likeness (QED) is 0.446. The van der Waals surface area contributed by atoms with E-state index in [4.69, 9.17) is 0 Å². The first-order valence-electron chi connectivity index (χ1n) is 7.60. The number of aromatic nitrogens is 1. The molecule has 0 spiro atoms. The van der Waals surface area contributed by atoms with Gasteiger partial charge in [0.05, 0.1) is 10.5 Å². The highest BCUT2D eigenvalue weighted by Gasteiger charge is 2.34. The van der Waals surface area contributed by atoms with Crippen molar-refractivity contribution in [1.29, 1.82) is 0 Å². The minimum Gasteiger partial charge on any atom is -0.381 e. The van der Waals surface area contributed by atoms with Crippen molar-refractivity contribution in [3.63, 3.8) is 0 Å². The van der Waals surface area contributed by atoms with Gasteiger partial charge in [0.2, 0.25) is 6.04 Å². The second kappa shape index (κ2) is 7.02. The zero-order valence-electron chi connectivity index (χ0n) is 12.9. The van der Waals surface area contributed by atoms with Gasteiger partial charge in [0, 0.05) is 23.8 Å². The van der Waals surface area contributed by atoms with E-state index in [1.54, 1.807) is 18.2 Å². The van der Waals surface area contributed by atoms with Crippen molar-refractivity contribution < 1.29 is 14.6 Å². The molecule has 24 heavy (non-hydrogen) atoms. The summed E-state index contributed by atoms with van der Waals surface area (Å²) in [4.78, 5) is 10.8. The predicted octanol–water partition coefficient (Wildman–Crippen LogP) is 3.21. The maximum atomic E-state index is 11.3. The second-order valence-corrected chi connectivity index (χ2v) is 5.44. The Morgan fingerprint density at radius 1 is 0.875 bits per heavy atom. The van der Waals surface area contributed by atoms with E-state index >= 15 is 0 Å². The van der Waals surface area contributed by atoms with Crippen LogP contribution < -0.4 is 4.57 Å². The largest absolute Gasteiger partial charge is 0.381 e. The number of rotatable bonds is 5. The standard InChI is InChI=1S/C19H17N2O3/c22-19(16-11-5-6-12-17(16)21(23)24)18(15-9-3-1-4-10-15)20-13-7-2-8-14-20/h1-14,18-19,22H/q+1/t18-,19+/m0/s1. The molecule has 0 aliphatic heterocycles. The van der Waals surface area contributed by atoms with Crippen LogP contribution in [0.4, 0.5) is 5.69 Å². The predicted molar refractivity (Wildman–Crippen MR) is 89.3 cm³/mol. The van der Waals surface area contributed by atoms with Crippen LogP contribution in [-0.4, -0.2) is 10.0 Å². The number of benzene rings is 2. The lowest BCUT2D eigenvalue weighted by molar-refractivity contribution is -0.722. The van der Waals surface area contributed by atoms with Crippen LogP contribution in [0, 0.1) is 10.1 Å². The van der Waals surface area contributed by atoms with E-state index in [2.05, 4.69) is 0 Å². The molecule has 1 aromatic heterocycles. The topological polar surface area (TPSA) is 67.2 Å². The number of hydrogen-bond donors (Lipinski definition) is 1. The highest BCUT2D eigenvalue weighted by molar-refractivity contribution is 5.42. The molecule has 0 amide bonds. The Hall–Kier alpha value is -3.05. The summed E-state index contributed by atoms with van der Waals surface area (Å²) in [5, 5.41) is 22.3. The van der Waals surface area contributed by atoms with Gasteiger partial charge in [-0.1, -0.05) is 48.5 Å². The summed E-state index contributed by atoms with van der Waals surface area (Å²) in [5.74, 6) is 0. The molecular weight excluding hydrogens is 304 g/mol. The van der Waals surface area contributed by atoms with E-state index in [9.17, 15) is 15.2 Å². The highest BCUT2D eigenvalue weighted by atomic mass is 16.6. The van der Waals surface area contributed by atoms with Gasteiger partial charge in [0.25, 0.3) is 5.69 Å². The Labute approximate surface area is 139 Å². The lowest BCUT2D eigenvalue weighted by atomic mass is 9.94. The van der Waals surface area contributed by atoms with Crippen molar-refractivity contribution in [2.24, 2.45) is 0 Å². The molecule has 0 radical (unpaired) electrons. The lowest BCUT2D eigenvalue weighted by Crippen LogP contribution is -2.42. The Morgan fingerprint density at radius 2 is 1.46 bits per heavy atom. The minimum absolute atomic E-state index is 0.0811. The fourth-order valence-electron chi connectivity index (χ4n) is 2.84. The first kappa shape index (κ1) is 15.8. The van der Waals surface area contributed by atoms with E-state index < -0.39 is 17.1 Å². The zero-order chi connectivity index (χ0) is 16.9. The van der Waals surface area contributed by atoms with Crippen LogP contribution in [0.25, 0.3) is 0 Å². The fraction of sp³-hybridized carbons (Fsp3) is 0.105. The average Bonchev–Trinajstić information content (AvgIpc) is 2.63. The van der Waals surface area contributed by atoms with Gasteiger partial charge in [0.1, 0.15) is 0 Å². The maximum absolute atomic E-state index is 11.3. The van der Waals surface area contributed by atoms with Gasteiger partial charge in [-0.2, -0.15) is 4.57 Å². The minimum atomic E-state index is -1.05. The number of aliphatic hydroxyl groups is 1. The van der Waals surface area contributed by atoms with Gasteiger partial charge in [-0.05, 0) is 6.07 Å². The summed E-state index contributed by atoms with van der Waals surface area (Å²) < 4.78 is 1.86. The Morgan fingerprint density at radius 3 is 2.12 bits per heavy atom. The zero-order valence-corrected chi connectivity index (χ0v) is 12.9. The fourth-order valence-corrected chi connectivity index (χ4v) is 2.84. The number of hydrogen-bond acceptors (Lipinski definition) is 3. The van der Waals surface area contributed by atoms with Crippen molar-refractivity contribution in [3.8, 4) is 0 Å². The molecule has 0 bridgehead atoms. The molecule has 0 saturated carbocycles. The van der Waals surface area contributed by atoms with Crippen molar-refractivity contribution in [2.75, 3.05) is 0 Å². The number of pyridine rings is 1. The summed E-state index contributed by atoms with van der Waals surface area (Å²) in [5.41, 5.74) is 1.09. The first-order chi connectivity index (χ1) is 11.7. The molecule has 3 aromatic rings. The SMILES string of the molecule is O=[N+]([O-])c1ccccc1[C@@H](O)[C@H](c1ccccc1)[n+]1ccccc1. The first-order valence-corrected chi connectivity index (χ1v) is 7.60. The van der Waals surface area contributed by atoms with Crippen molar-refractivity contribution in [1.82, 2.24) is 0 Å². The number of nitro benzene ring substituents is 1. The summed E-state index contributed by atoms with van der Waals surface area (Å²) >= 11 is 0.